The molecular formula is C20H22ClN3O. The summed E-state index contributed by atoms with van der Waals surface area (Å²) in [6.07, 6.45) is 1.85. The Balaban J connectivity index is 2.07. The van der Waals surface area contributed by atoms with Gasteiger partial charge in [-0.1, -0.05) is 50.6 Å². The van der Waals surface area contributed by atoms with Crippen LogP contribution in [0.25, 0.3) is 16.8 Å². The summed E-state index contributed by atoms with van der Waals surface area (Å²) < 4.78 is 1.82. The van der Waals surface area contributed by atoms with Crippen molar-refractivity contribution in [3.8, 4) is 11.3 Å². The molecule has 2 aromatic heterocycles. The zero-order valence-corrected chi connectivity index (χ0v) is 15.6. The van der Waals surface area contributed by atoms with Crippen LogP contribution in [-0.2, 0) is 0 Å². The highest BCUT2D eigenvalue weighted by Crippen LogP contribution is 2.27. The molecule has 25 heavy (non-hydrogen) atoms. The second-order valence-electron chi connectivity index (χ2n) is 7.31. The number of amides is 1. The van der Waals surface area contributed by atoms with Gasteiger partial charge in [0.1, 0.15) is 0 Å². The van der Waals surface area contributed by atoms with Crippen molar-refractivity contribution in [3.05, 3.63) is 59.5 Å². The summed E-state index contributed by atoms with van der Waals surface area (Å²) in [7, 11) is 0. The van der Waals surface area contributed by atoms with Gasteiger partial charge in [0.25, 0.3) is 5.91 Å². The van der Waals surface area contributed by atoms with Crippen molar-refractivity contribution in [2.24, 2.45) is 5.41 Å². The highest BCUT2D eigenvalue weighted by atomic mass is 35.5. The molecule has 0 aliphatic heterocycles. The number of imidazole rings is 1. The van der Waals surface area contributed by atoms with Crippen molar-refractivity contribution in [2.45, 2.75) is 33.7 Å². The zero-order chi connectivity index (χ0) is 18.2. The summed E-state index contributed by atoms with van der Waals surface area (Å²) in [5.74, 6) is 0.193. The van der Waals surface area contributed by atoms with Crippen molar-refractivity contribution in [2.75, 3.05) is 0 Å². The van der Waals surface area contributed by atoms with E-state index >= 15 is 0 Å². The maximum Gasteiger partial charge on any atom is 0.287 e. The van der Waals surface area contributed by atoms with Crippen LogP contribution < -0.4 is 5.32 Å². The number of hydrogen-bond donors (Lipinski definition) is 1. The van der Waals surface area contributed by atoms with Gasteiger partial charge < -0.3 is 5.32 Å². The van der Waals surface area contributed by atoms with E-state index in [1.807, 2.05) is 60.0 Å². The van der Waals surface area contributed by atoms with Crippen LogP contribution in [0.5, 0.6) is 0 Å². The molecule has 0 radical (unpaired) electrons. The van der Waals surface area contributed by atoms with Crippen LogP contribution in [0, 0.1) is 5.41 Å². The third-order valence-electron chi connectivity index (χ3n) is 4.50. The molecule has 0 saturated heterocycles. The quantitative estimate of drug-likeness (QED) is 0.732. The second-order valence-corrected chi connectivity index (χ2v) is 7.75. The summed E-state index contributed by atoms with van der Waals surface area (Å²) in [6, 6.07) is 13.3. The van der Waals surface area contributed by atoms with Crippen LogP contribution in [0.1, 0.15) is 38.3 Å². The molecule has 4 nitrogen and oxygen atoms in total. The standard InChI is InChI=1S/C20H22ClN3O/c1-13(20(2,3)4)22-19(25)18-23-17(14-8-7-9-15(21)12-14)16-10-5-6-11-24(16)18/h5-13H,1-4H3,(H,22,25)/t13-/m0/s1. The summed E-state index contributed by atoms with van der Waals surface area (Å²) in [6.45, 7) is 8.29. The van der Waals surface area contributed by atoms with Crippen LogP contribution >= 0.6 is 11.6 Å². The van der Waals surface area contributed by atoms with Gasteiger partial charge in [0.05, 0.1) is 11.2 Å². The number of benzene rings is 1. The molecule has 0 fully saturated rings. The van der Waals surface area contributed by atoms with E-state index in [-0.39, 0.29) is 17.4 Å². The van der Waals surface area contributed by atoms with E-state index < -0.39 is 0 Å². The molecule has 1 aromatic carbocycles. The molecule has 1 atom stereocenters. The Labute approximate surface area is 152 Å². The fourth-order valence-electron chi connectivity index (χ4n) is 2.52. The van der Waals surface area contributed by atoms with E-state index in [4.69, 9.17) is 11.6 Å². The summed E-state index contributed by atoms with van der Waals surface area (Å²) in [5.41, 5.74) is 2.48. The maximum atomic E-state index is 12.8. The van der Waals surface area contributed by atoms with E-state index in [9.17, 15) is 4.79 Å². The van der Waals surface area contributed by atoms with Crippen molar-refractivity contribution in [1.82, 2.24) is 14.7 Å². The van der Waals surface area contributed by atoms with Gasteiger partial charge in [0.2, 0.25) is 5.82 Å². The van der Waals surface area contributed by atoms with E-state index in [1.54, 1.807) is 0 Å². The predicted octanol–water partition coefficient (Wildman–Crippen LogP) is 4.82. The molecule has 0 aliphatic carbocycles. The molecule has 5 heteroatoms. The Morgan fingerprint density at radius 3 is 2.64 bits per heavy atom. The van der Waals surface area contributed by atoms with E-state index in [0.29, 0.717) is 10.8 Å². The summed E-state index contributed by atoms with van der Waals surface area (Å²) in [5, 5.41) is 3.70. The summed E-state index contributed by atoms with van der Waals surface area (Å²) in [4.78, 5) is 17.4. The van der Waals surface area contributed by atoms with Gasteiger partial charge >= 0.3 is 0 Å². The lowest BCUT2D eigenvalue weighted by atomic mass is 9.88. The average molecular weight is 356 g/mol. The minimum Gasteiger partial charge on any atom is -0.346 e. The first kappa shape index (κ1) is 17.5. The first-order valence-corrected chi connectivity index (χ1v) is 8.69. The Morgan fingerprint density at radius 2 is 1.96 bits per heavy atom. The molecule has 3 aromatic rings. The van der Waals surface area contributed by atoms with Crippen LogP contribution in [0.15, 0.2) is 48.7 Å². The van der Waals surface area contributed by atoms with Crippen molar-refractivity contribution >= 4 is 23.0 Å². The number of halogens is 1. The number of carbonyl (C=O) groups excluding carboxylic acids is 1. The average Bonchev–Trinajstić information content (AvgIpc) is 2.93. The molecule has 0 aliphatic rings. The first-order chi connectivity index (χ1) is 11.8. The third-order valence-corrected chi connectivity index (χ3v) is 4.73. The molecule has 0 bridgehead atoms. The Hall–Kier alpha value is -2.33. The summed E-state index contributed by atoms with van der Waals surface area (Å²) >= 11 is 6.12. The number of hydrogen-bond acceptors (Lipinski definition) is 2. The smallest absolute Gasteiger partial charge is 0.287 e. The van der Waals surface area contributed by atoms with Gasteiger partial charge in [-0.05, 0) is 36.6 Å². The number of nitrogens with one attached hydrogen (secondary N) is 1. The van der Waals surface area contributed by atoms with Gasteiger partial charge in [0.15, 0.2) is 0 Å². The highest BCUT2D eigenvalue weighted by Gasteiger charge is 2.25. The zero-order valence-electron chi connectivity index (χ0n) is 14.9. The molecule has 0 unspecified atom stereocenters. The number of carbonyl (C=O) groups is 1. The van der Waals surface area contributed by atoms with E-state index in [0.717, 1.165) is 16.8 Å². The molecule has 0 saturated carbocycles. The van der Waals surface area contributed by atoms with Gasteiger partial charge in [-0.3, -0.25) is 9.20 Å². The molecule has 1 N–H and O–H groups in total. The van der Waals surface area contributed by atoms with Crippen molar-refractivity contribution in [3.63, 3.8) is 0 Å². The van der Waals surface area contributed by atoms with Crippen LogP contribution in [0.3, 0.4) is 0 Å². The molecule has 1 amide bonds. The largest absolute Gasteiger partial charge is 0.346 e. The Bertz CT molecular complexity index is 924. The van der Waals surface area contributed by atoms with Gasteiger partial charge in [-0.2, -0.15) is 0 Å². The van der Waals surface area contributed by atoms with Gasteiger partial charge in [-0.25, -0.2) is 4.98 Å². The van der Waals surface area contributed by atoms with Crippen molar-refractivity contribution < 1.29 is 4.79 Å². The maximum absolute atomic E-state index is 12.8. The van der Waals surface area contributed by atoms with Gasteiger partial charge in [-0.15, -0.1) is 0 Å². The first-order valence-electron chi connectivity index (χ1n) is 8.31. The number of aromatic nitrogens is 2. The molecule has 2 heterocycles. The van der Waals surface area contributed by atoms with Gasteiger partial charge in [0, 0.05) is 22.8 Å². The minimum atomic E-state index is -0.183. The fraction of sp³-hybridized carbons (Fsp3) is 0.300. The molecule has 0 spiro atoms. The Morgan fingerprint density at radius 1 is 1.20 bits per heavy atom. The van der Waals surface area contributed by atoms with Crippen LogP contribution in [0.4, 0.5) is 0 Å². The molecule has 130 valence electrons. The lowest BCUT2D eigenvalue weighted by molar-refractivity contribution is 0.0899. The molecule has 3 rings (SSSR count). The van der Waals surface area contributed by atoms with Crippen LogP contribution in [0.2, 0.25) is 5.02 Å². The fourth-order valence-corrected chi connectivity index (χ4v) is 2.71. The molecular weight excluding hydrogens is 334 g/mol. The third kappa shape index (κ3) is 3.54. The number of fused-ring (bicyclic) bond motifs is 1. The number of pyridine rings is 1. The Kier molecular flexibility index (Phi) is 4.56. The number of rotatable bonds is 3. The SMILES string of the molecule is C[C@H](NC(=O)c1nc(-c2cccc(Cl)c2)c2ccccn12)C(C)(C)C. The minimum absolute atomic E-state index is 0.0191. The van der Waals surface area contributed by atoms with Crippen molar-refractivity contribution in [1.29, 1.82) is 0 Å². The van der Waals surface area contributed by atoms with E-state index in [1.165, 1.54) is 0 Å². The topological polar surface area (TPSA) is 46.4 Å². The highest BCUT2D eigenvalue weighted by molar-refractivity contribution is 6.30. The lowest BCUT2D eigenvalue weighted by Gasteiger charge is -2.27. The predicted molar refractivity (Wildman–Crippen MR) is 102 cm³/mol. The number of nitrogens with zero attached hydrogens (tertiary/aromatic N) is 2. The normalized spacial score (nSPS) is 13.0. The van der Waals surface area contributed by atoms with Crippen LogP contribution in [-0.4, -0.2) is 21.3 Å². The lowest BCUT2D eigenvalue weighted by Crippen LogP contribution is -2.42. The second kappa shape index (κ2) is 6.52. The van der Waals surface area contributed by atoms with E-state index in [2.05, 4.69) is 31.1 Å². The monoisotopic (exact) mass is 355 g/mol.